The predicted molar refractivity (Wildman–Crippen MR) is 93.9 cm³/mol. The van der Waals surface area contributed by atoms with Crippen molar-refractivity contribution in [3.8, 4) is 11.5 Å². The smallest absolute Gasteiger partial charge is 0.119 e. The molecule has 0 atom stereocenters. The Kier molecular flexibility index (Phi) is 4.92. The first-order valence-electron chi connectivity index (χ1n) is 7.44. The fourth-order valence-corrected chi connectivity index (χ4v) is 2.80. The maximum absolute atomic E-state index is 5.32. The number of hydrogen-bond donors (Lipinski definition) is 0. The van der Waals surface area contributed by atoms with Crippen molar-refractivity contribution in [1.82, 2.24) is 0 Å². The van der Waals surface area contributed by atoms with Crippen LogP contribution in [0.4, 0.5) is 0 Å². The van der Waals surface area contributed by atoms with Crippen LogP contribution in [0.2, 0.25) is 0 Å². The molecule has 0 aliphatic rings. The first-order chi connectivity index (χ1) is 10.5. The van der Waals surface area contributed by atoms with E-state index in [4.69, 9.17) is 9.47 Å². The fraction of sp³-hybridized carbons (Fsp3) is 0.300. The van der Waals surface area contributed by atoms with E-state index in [2.05, 4.69) is 64.1 Å². The van der Waals surface area contributed by atoms with E-state index in [1.165, 1.54) is 33.4 Å². The molecule has 22 heavy (non-hydrogen) atoms. The van der Waals surface area contributed by atoms with Gasteiger partial charge in [0, 0.05) is 0 Å². The van der Waals surface area contributed by atoms with Crippen molar-refractivity contribution < 1.29 is 9.47 Å². The topological polar surface area (TPSA) is 18.5 Å². The number of methoxy groups -OCH3 is 2. The lowest BCUT2D eigenvalue weighted by Gasteiger charge is -2.11. The number of benzene rings is 2. The molecule has 0 aliphatic carbocycles. The maximum Gasteiger partial charge on any atom is 0.119 e. The Balaban J connectivity index is 2.41. The average Bonchev–Trinajstić information content (AvgIpc) is 2.47. The molecule has 2 rings (SSSR count). The normalized spacial score (nSPS) is 11.0. The van der Waals surface area contributed by atoms with E-state index >= 15 is 0 Å². The van der Waals surface area contributed by atoms with Crippen molar-refractivity contribution in [3.63, 3.8) is 0 Å². The highest BCUT2D eigenvalue weighted by Crippen LogP contribution is 2.26. The third-order valence-electron chi connectivity index (χ3n) is 4.02. The molecule has 0 aliphatic heterocycles. The maximum atomic E-state index is 5.32. The second-order valence-corrected chi connectivity index (χ2v) is 5.68. The van der Waals surface area contributed by atoms with Gasteiger partial charge in [-0.15, -0.1) is 0 Å². The molecule has 116 valence electrons. The van der Waals surface area contributed by atoms with Crippen LogP contribution < -0.4 is 9.47 Å². The van der Waals surface area contributed by atoms with E-state index in [9.17, 15) is 0 Å². The Hall–Kier alpha value is -2.22. The monoisotopic (exact) mass is 296 g/mol. The first-order valence-corrected chi connectivity index (χ1v) is 7.44. The molecule has 2 aromatic rings. The van der Waals surface area contributed by atoms with E-state index in [0.29, 0.717) is 0 Å². The van der Waals surface area contributed by atoms with Gasteiger partial charge in [0.2, 0.25) is 0 Å². The van der Waals surface area contributed by atoms with Crippen LogP contribution in [0.5, 0.6) is 11.5 Å². The number of rotatable bonds is 4. The summed E-state index contributed by atoms with van der Waals surface area (Å²) < 4.78 is 10.6. The summed E-state index contributed by atoms with van der Waals surface area (Å²) in [5.41, 5.74) is 7.37. The van der Waals surface area contributed by atoms with Gasteiger partial charge in [0.1, 0.15) is 11.5 Å². The second-order valence-electron chi connectivity index (χ2n) is 5.68. The van der Waals surface area contributed by atoms with Gasteiger partial charge in [-0.05, 0) is 85.3 Å². The SMILES string of the molecule is COc1cc(C)c(/C=C\c2c(C)cc(OC)cc2C)c(C)c1. The van der Waals surface area contributed by atoms with Crippen LogP contribution in [0.25, 0.3) is 12.2 Å². The van der Waals surface area contributed by atoms with Crippen molar-refractivity contribution in [2.45, 2.75) is 27.7 Å². The summed E-state index contributed by atoms with van der Waals surface area (Å²) in [5.74, 6) is 1.81. The van der Waals surface area contributed by atoms with Crippen molar-refractivity contribution in [2.75, 3.05) is 14.2 Å². The lowest BCUT2D eigenvalue weighted by Crippen LogP contribution is -1.92. The number of ether oxygens (including phenoxy) is 2. The summed E-state index contributed by atoms with van der Waals surface area (Å²) in [6.07, 6.45) is 4.37. The van der Waals surface area contributed by atoms with Crippen LogP contribution >= 0.6 is 0 Å². The molecule has 0 fully saturated rings. The van der Waals surface area contributed by atoms with Crippen molar-refractivity contribution in [2.24, 2.45) is 0 Å². The van der Waals surface area contributed by atoms with Crippen LogP contribution in [0.15, 0.2) is 24.3 Å². The molecule has 2 aromatic carbocycles. The summed E-state index contributed by atoms with van der Waals surface area (Å²) in [7, 11) is 3.40. The van der Waals surface area contributed by atoms with Gasteiger partial charge in [-0.25, -0.2) is 0 Å². The minimum Gasteiger partial charge on any atom is -0.497 e. The Morgan fingerprint density at radius 1 is 0.591 bits per heavy atom. The summed E-state index contributed by atoms with van der Waals surface area (Å²) in [4.78, 5) is 0. The summed E-state index contributed by atoms with van der Waals surface area (Å²) in [6, 6.07) is 8.28. The zero-order valence-corrected chi connectivity index (χ0v) is 14.3. The third-order valence-corrected chi connectivity index (χ3v) is 4.02. The third kappa shape index (κ3) is 3.33. The Labute approximate surface area is 133 Å². The standard InChI is InChI=1S/C20H24O2/c1-13-9-17(21-5)10-14(2)19(13)7-8-20-15(3)11-18(22-6)12-16(20)4/h7-12H,1-6H3/b8-7-. The lowest BCUT2D eigenvalue weighted by atomic mass is 9.98. The molecule has 0 unspecified atom stereocenters. The second kappa shape index (κ2) is 6.69. The van der Waals surface area contributed by atoms with Gasteiger partial charge in [-0.1, -0.05) is 12.2 Å². The Bertz CT molecular complexity index is 604. The van der Waals surface area contributed by atoms with Gasteiger partial charge in [0.25, 0.3) is 0 Å². The Morgan fingerprint density at radius 2 is 0.864 bits per heavy atom. The molecule has 0 amide bonds. The number of aryl methyl sites for hydroxylation is 4. The molecule has 0 N–H and O–H groups in total. The van der Waals surface area contributed by atoms with E-state index < -0.39 is 0 Å². The lowest BCUT2D eigenvalue weighted by molar-refractivity contribution is 0.414. The molecule has 0 saturated heterocycles. The van der Waals surface area contributed by atoms with Gasteiger partial charge >= 0.3 is 0 Å². The molecular formula is C20H24O2. The van der Waals surface area contributed by atoms with Crippen molar-refractivity contribution >= 4 is 12.2 Å². The van der Waals surface area contributed by atoms with Crippen LogP contribution in [0.1, 0.15) is 33.4 Å². The van der Waals surface area contributed by atoms with Gasteiger partial charge in [-0.2, -0.15) is 0 Å². The van der Waals surface area contributed by atoms with E-state index in [0.717, 1.165) is 11.5 Å². The predicted octanol–water partition coefficient (Wildman–Crippen LogP) is 5.11. The highest BCUT2D eigenvalue weighted by atomic mass is 16.5. The van der Waals surface area contributed by atoms with Crippen LogP contribution in [-0.2, 0) is 0 Å². The zero-order valence-electron chi connectivity index (χ0n) is 14.3. The molecule has 2 heteroatoms. The molecule has 2 nitrogen and oxygen atoms in total. The minimum absolute atomic E-state index is 0.906. The van der Waals surface area contributed by atoms with E-state index in [1.807, 2.05) is 0 Å². The van der Waals surface area contributed by atoms with Crippen molar-refractivity contribution in [3.05, 3.63) is 57.6 Å². The van der Waals surface area contributed by atoms with E-state index in [1.54, 1.807) is 14.2 Å². The van der Waals surface area contributed by atoms with Crippen molar-refractivity contribution in [1.29, 1.82) is 0 Å². The largest absolute Gasteiger partial charge is 0.497 e. The molecule has 0 radical (unpaired) electrons. The first kappa shape index (κ1) is 16.2. The molecule has 0 heterocycles. The van der Waals surface area contributed by atoms with E-state index in [-0.39, 0.29) is 0 Å². The van der Waals surface area contributed by atoms with Crippen LogP contribution in [0.3, 0.4) is 0 Å². The molecular weight excluding hydrogens is 272 g/mol. The summed E-state index contributed by atoms with van der Waals surface area (Å²) in [5, 5.41) is 0. The highest BCUT2D eigenvalue weighted by Gasteiger charge is 2.05. The molecule has 0 bridgehead atoms. The van der Waals surface area contributed by atoms with Gasteiger partial charge in [0.15, 0.2) is 0 Å². The van der Waals surface area contributed by atoms with Gasteiger partial charge < -0.3 is 9.47 Å². The zero-order chi connectivity index (χ0) is 16.3. The van der Waals surface area contributed by atoms with Crippen LogP contribution in [0, 0.1) is 27.7 Å². The molecule has 0 saturated carbocycles. The minimum atomic E-state index is 0.906. The molecule has 0 aromatic heterocycles. The highest BCUT2D eigenvalue weighted by molar-refractivity contribution is 5.76. The van der Waals surface area contributed by atoms with Gasteiger partial charge in [0.05, 0.1) is 14.2 Å². The summed E-state index contributed by atoms with van der Waals surface area (Å²) >= 11 is 0. The average molecular weight is 296 g/mol. The number of hydrogen-bond acceptors (Lipinski definition) is 2. The van der Waals surface area contributed by atoms with Gasteiger partial charge in [-0.3, -0.25) is 0 Å². The fourth-order valence-electron chi connectivity index (χ4n) is 2.80. The molecule has 0 spiro atoms. The van der Waals surface area contributed by atoms with Crippen LogP contribution in [-0.4, -0.2) is 14.2 Å². The summed E-state index contributed by atoms with van der Waals surface area (Å²) in [6.45, 7) is 8.46. The quantitative estimate of drug-likeness (QED) is 0.730. The Morgan fingerprint density at radius 3 is 1.09 bits per heavy atom.